The predicted molar refractivity (Wildman–Crippen MR) is 70.5 cm³/mol. The molecule has 1 atom stereocenters. The quantitative estimate of drug-likeness (QED) is 0.584. The van der Waals surface area contributed by atoms with E-state index in [1.807, 2.05) is 0 Å². The Kier molecular flexibility index (Phi) is 8.61. The van der Waals surface area contributed by atoms with Gasteiger partial charge in [0.1, 0.15) is 0 Å². The summed E-state index contributed by atoms with van der Waals surface area (Å²) in [6.45, 7) is 9.06. The minimum absolute atomic E-state index is 0.692. The normalized spacial score (nSPS) is 21.2. The lowest BCUT2D eigenvalue weighted by molar-refractivity contribution is 0.0990. The van der Waals surface area contributed by atoms with Crippen molar-refractivity contribution in [3.63, 3.8) is 0 Å². The highest BCUT2D eigenvalue weighted by molar-refractivity contribution is 4.80. The summed E-state index contributed by atoms with van der Waals surface area (Å²) in [6.07, 6.45) is 3.75. The summed E-state index contributed by atoms with van der Waals surface area (Å²) in [6, 6.07) is 0.692. The van der Waals surface area contributed by atoms with Crippen molar-refractivity contribution in [2.45, 2.75) is 32.2 Å². The van der Waals surface area contributed by atoms with Gasteiger partial charge in [-0.2, -0.15) is 0 Å². The molecule has 0 aliphatic carbocycles. The molecule has 0 aromatic heterocycles. The molecule has 1 aliphatic heterocycles. The number of likely N-dealkylation sites (tertiary alicyclic amines) is 1. The third-order valence-corrected chi connectivity index (χ3v) is 3.23. The lowest BCUT2D eigenvalue weighted by atomic mass is 10.2. The van der Waals surface area contributed by atoms with Gasteiger partial charge in [-0.1, -0.05) is 6.92 Å². The van der Waals surface area contributed by atoms with E-state index in [-0.39, 0.29) is 0 Å². The van der Waals surface area contributed by atoms with Gasteiger partial charge in [-0.05, 0) is 25.8 Å². The van der Waals surface area contributed by atoms with Crippen LogP contribution in [0.5, 0.6) is 0 Å². The van der Waals surface area contributed by atoms with Crippen LogP contribution in [0.2, 0.25) is 0 Å². The van der Waals surface area contributed by atoms with Crippen LogP contribution in [-0.2, 0) is 9.47 Å². The van der Waals surface area contributed by atoms with E-state index in [1.165, 1.54) is 19.4 Å². The number of rotatable bonds is 10. The summed E-state index contributed by atoms with van der Waals surface area (Å²) in [5.41, 5.74) is 0. The molecule has 1 aliphatic rings. The Morgan fingerprint density at radius 2 is 2.18 bits per heavy atom. The Bertz CT molecular complexity index is 161. The zero-order chi connectivity index (χ0) is 12.3. The summed E-state index contributed by atoms with van der Waals surface area (Å²) < 4.78 is 10.6. The standard InChI is InChI=1S/C13H28N2O2/c1-3-9-17-11-8-15-7-4-5-13(15)12-14-6-10-16-2/h13-14H,3-12H2,1-2H3. The van der Waals surface area contributed by atoms with E-state index >= 15 is 0 Å². The van der Waals surface area contributed by atoms with Gasteiger partial charge in [0.15, 0.2) is 0 Å². The minimum atomic E-state index is 0.692. The Hall–Kier alpha value is -0.160. The van der Waals surface area contributed by atoms with E-state index in [0.29, 0.717) is 6.04 Å². The molecule has 1 N–H and O–H groups in total. The van der Waals surface area contributed by atoms with Crippen LogP contribution in [-0.4, -0.2) is 64.1 Å². The smallest absolute Gasteiger partial charge is 0.0593 e. The van der Waals surface area contributed by atoms with Crippen LogP contribution < -0.4 is 5.32 Å². The molecule has 1 heterocycles. The molecule has 1 rings (SSSR count). The van der Waals surface area contributed by atoms with Crippen molar-refractivity contribution in [3.8, 4) is 0 Å². The Morgan fingerprint density at radius 1 is 1.29 bits per heavy atom. The highest BCUT2D eigenvalue weighted by Crippen LogP contribution is 2.15. The van der Waals surface area contributed by atoms with Gasteiger partial charge in [0.05, 0.1) is 13.2 Å². The largest absolute Gasteiger partial charge is 0.383 e. The Balaban J connectivity index is 2.06. The number of nitrogens with one attached hydrogen (secondary N) is 1. The molecule has 0 bridgehead atoms. The second-order valence-electron chi connectivity index (χ2n) is 4.64. The Labute approximate surface area is 106 Å². The van der Waals surface area contributed by atoms with Gasteiger partial charge in [0.2, 0.25) is 0 Å². The average Bonchev–Trinajstić information content (AvgIpc) is 2.78. The highest BCUT2D eigenvalue weighted by Gasteiger charge is 2.23. The van der Waals surface area contributed by atoms with E-state index in [4.69, 9.17) is 9.47 Å². The second-order valence-corrected chi connectivity index (χ2v) is 4.64. The first-order chi connectivity index (χ1) is 8.38. The van der Waals surface area contributed by atoms with Crippen LogP contribution in [0.4, 0.5) is 0 Å². The van der Waals surface area contributed by atoms with E-state index in [9.17, 15) is 0 Å². The van der Waals surface area contributed by atoms with Gasteiger partial charge in [0.25, 0.3) is 0 Å². The number of methoxy groups -OCH3 is 1. The fraction of sp³-hybridized carbons (Fsp3) is 1.00. The summed E-state index contributed by atoms with van der Waals surface area (Å²) in [5, 5.41) is 3.45. The number of hydrogen-bond donors (Lipinski definition) is 1. The molecule has 0 spiro atoms. The van der Waals surface area contributed by atoms with Gasteiger partial charge >= 0.3 is 0 Å². The van der Waals surface area contributed by atoms with Crippen molar-refractivity contribution in [2.24, 2.45) is 0 Å². The summed E-state index contributed by atoms with van der Waals surface area (Å²) >= 11 is 0. The number of hydrogen-bond acceptors (Lipinski definition) is 4. The first-order valence-corrected chi connectivity index (χ1v) is 6.90. The van der Waals surface area contributed by atoms with Crippen molar-refractivity contribution in [2.75, 3.05) is 53.1 Å². The zero-order valence-corrected chi connectivity index (χ0v) is 11.4. The molecule has 4 nitrogen and oxygen atoms in total. The highest BCUT2D eigenvalue weighted by atomic mass is 16.5. The zero-order valence-electron chi connectivity index (χ0n) is 11.4. The topological polar surface area (TPSA) is 33.7 Å². The van der Waals surface area contributed by atoms with E-state index in [2.05, 4.69) is 17.1 Å². The fourth-order valence-electron chi connectivity index (χ4n) is 2.29. The monoisotopic (exact) mass is 244 g/mol. The van der Waals surface area contributed by atoms with Crippen LogP contribution >= 0.6 is 0 Å². The number of nitrogens with zero attached hydrogens (tertiary/aromatic N) is 1. The molecule has 1 saturated heterocycles. The third kappa shape index (κ3) is 6.36. The van der Waals surface area contributed by atoms with Crippen molar-refractivity contribution in [1.82, 2.24) is 10.2 Å². The minimum Gasteiger partial charge on any atom is -0.383 e. The maximum atomic E-state index is 5.55. The summed E-state index contributed by atoms with van der Waals surface area (Å²) in [5.74, 6) is 0. The van der Waals surface area contributed by atoms with Crippen molar-refractivity contribution in [1.29, 1.82) is 0 Å². The van der Waals surface area contributed by atoms with Crippen molar-refractivity contribution in [3.05, 3.63) is 0 Å². The SMILES string of the molecule is CCCOCCN1CCCC1CNCCOC. The van der Waals surface area contributed by atoms with Crippen LogP contribution in [0.3, 0.4) is 0 Å². The van der Waals surface area contributed by atoms with Crippen molar-refractivity contribution >= 4 is 0 Å². The van der Waals surface area contributed by atoms with Crippen molar-refractivity contribution < 1.29 is 9.47 Å². The van der Waals surface area contributed by atoms with E-state index in [0.717, 1.165) is 45.9 Å². The summed E-state index contributed by atoms with van der Waals surface area (Å²) in [4.78, 5) is 2.55. The molecule has 1 unspecified atom stereocenters. The molecule has 0 saturated carbocycles. The average molecular weight is 244 g/mol. The molecule has 0 radical (unpaired) electrons. The first kappa shape index (κ1) is 14.9. The first-order valence-electron chi connectivity index (χ1n) is 6.90. The molecular weight excluding hydrogens is 216 g/mol. The molecular formula is C13H28N2O2. The van der Waals surface area contributed by atoms with Gasteiger partial charge < -0.3 is 14.8 Å². The van der Waals surface area contributed by atoms with Crippen LogP contribution in [0.25, 0.3) is 0 Å². The predicted octanol–water partition coefficient (Wildman–Crippen LogP) is 1.11. The lowest BCUT2D eigenvalue weighted by Gasteiger charge is -2.24. The molecule has 4 heteroatoms. The molecule has 1 fully saturated rings. The van der Waals surface area contributed by atoms with Crippen LogP contribution in [0.15, 0.2) is 0 Å². The maximum Gasteiger partial charge on any atom is 0.0593 e. The van der Waals surface area contributed by atoms with Gasteiger partial charge in [-0.15, -0.1) is 0 Å². The second kappa shape index (κ2) is 9.83. The van der Waals surface area contributed by atoms with Gasteiger partial charge in [-0.3, -0.25) is 4.90 Å². The molecule has 0 aromatic carbocycles. The maximum absolute atomic E-state index is 5.55. The van der Waals surface area contributed by atoms with Gasteiger partial charge in [0, 0.05) is 39.4 Å². The van der Waals surface area contributed by atoms with Crippen LogP contribution in [0, 0.1) is 0 Å². The third-order valence-electron chi connectivity index (χ3n) is 3.23. The summed E-state index contributed by atoms with van der Waals surface area (Å²) in [7, 11) is 1.74. The molecule has 0 aromatic rings. The molecule has 0 amide bonds. The molecule has 17 heavy (non-hydrogen) atoms. The van der Waals surface area contributed by atoms with E-state index < -0.39 is 0 Å². The number of ether oxygens (including phenoxy) is 2. The molecule has 102 valence electrons. The fourth-order valence-corrected chi connectivity index (χ4v) is 2.29. The van der Waals surface area contributed by atoms with Gasteiger partial charge in [-0.25, -0.2) is 0 Å². The Morgan fingerprint density at radius 3 is 2.94 bits per heavy atom. The van der Waals surface area contributed by atoms with E-state index in [1.54, 1.807) is 7.11 Å². The van der Waals surface area contributed by atoms with Crippen LogP contribution in [0.1, 0.15) is 26.2 Å². The lowest BCUT2D eigenvalue weighted by Crippen LogP contribution is -2.40.